The lowest BCUT2D eigenvalue weighted by molar-refractivity contribution is -0.111. The van der Waals surface area contributed by atoms with Crippen molar-refractivity contribution < 1.29 is 4.79 Å². The van der Waals surface area contributed by atoms with Crippen LogP contribution in [0.15, 0.2) is 0 Å². The minimum atomic E-state index is -0.282. The number of hydrogen-bond acceptors (Lipinski definition) is 2. The molecular formula is C4H6Cl2OS. The van der Waals surface area contributed by atoms with Gasteiger partial charge in [0.05, 0.1) is 0 Å². The van der Waals surface area contributed by atoms with E-state index in [1.807, 2.05) is 0 Å². The molecule has 0 aliphatic carbocycles. The summed E-state index contributed by atoms with van der Waals surface area (Å²) in [5.41, 5.74) is 0. The maximum Gasteiger partial charge on any atom is 0.221 e. The quantitative estimate of drug-likeness (QED) is 0.479. The standard InChI is InChI=1S/C4H6Cl2OS/c5-4(7)2-1-3-8-6/h1-3H2. The largest absolute Gasteiger partial charge is 0.281 e. The van der Waals surface area contributed by atoms with Gasteiger partial charge in [-0.2, -0.15) is 0 Å². The second kappa shape index (κ2) is 5.73. The lowest BCUT2D eigenvalue weighted by Crippen LogP contribution is -1.85. The Hall–Kier alpha value is 0.600. The monoisotopic (exact) mass is 172 g/mol. The molecule has 0 spiro atoms. The Morgan fingerprint density at radius 2 is 2.25 bits per heavy atom. The molecule has 4 heteroatoms. The van der Waals surface area contributed by atoms with Crippen molar-refractivity contribution in [2.24, 2.45) is 0 Å². The van der Waals surface area contributed by atoms with E-state index < -0.39 is 0 Å². The predicted molar refractivity (Wildman–Crippen MR) is 38.4 cm³/mol. The van der Waals surface area contributed by atoms with E-state index in [0.717, 1.165) is 12.2 Å². The van der Waals surface area contributed by atoms with Crippen LogP contribution in [0.3, 0.4) is 0 Å². The lowest BCUT2D eigenvalue weighted by atomic mass is 10.4. The highest BCUT2D eigenvalue weighted by atomic mass is 35.7. The first-order valence-electron chi connectivity index (χ1n) is 2.19. The molecule has 0 saturated heterocycles. The summed E-state index contributed by atoms with van der Waals surface area (Å²) in [5, 5.41) is -0.282. The molecule has 1 nitrogen and oxygen atoms in total. The molecule has 0 radical (unpaired) electrons. The van der Waals surface area contributed by atoms with Gasteiger partial charge in [0.25, 0.3) is 0 Å². The van der Waals surface area contributed by atoms with Gasteiger partial charge in [0.2, 0.25) is 5.24 Å². The van der Waals surface area contributed by atoms with E-state index in [0.29, 0.717) is 6.42 Å². The highest BCUT2D eigenvalue weighted by Crippen LogP contribution is 2.09. The maximum atomic E-state index is 10.0. The zero-order chi connectivity index (χ0) is 6.41. The van der Waals surface area contributed by atoms with Crippen LogP contribution in [-0.4, -0.2) is 11.0 Å². The molecule has 0 aliphatic heterocycles. The Kier molecular flexibility index (Phi) is 6.16. The molecule has 48 valence electrons. The fourth-order valence-corrected chi connectivity index (χ4v) is 0.980. The van der Waals surface area contributed by atoms with Crippen LogP contribution >= 0.6 is 33.3 Å². The summed E-state index contributed by atoms with van der Waals surface area (Å²) >= 11 is 5.02. The van der Waals surface area contributed by atoms with Crippen molar-refractivity contribution in [2.45, 2.75) is 12.8 Å². The van der Waals surface area contributed by atoms with Gasteiger partial charge in [-0.1, -0.05) is 11.0 Å². The normalized spacial score (nSPS) is 9.25. The third-order valence-electron chi connectivity index (χ3n) is 0.595. The van der Waals surface area contributed by atoms with Crippen molar-refractivity contribution in [2.75, 3.05) is 5.75 Å². The van der Waals surface area contributed by atoms with Gasteiger partial charge in [0.15, 0.2) is 0 Å². The number of rotatable bonds is 4. The number of halogens is 2. The lowest BCUT2D eigenvalue weighted by Gasteiger charge is -1.87. The SMILES string of the molecule is O=C(Cl)CCCSCl. The molecule has 0 aliphatic rings. The van der Waals surface area contributed by atoms with E-state index in [1.165, 1.54) is 11.0 Å². The topological polar surface area (TPSA) is 17.1 Å². The summed E-state index contributed by atoms with van der Waals surface area (Å²) in [7, 11) is 6.45. The van der Waals surface area contributed by atoms with E-state index in [1.54, 1.807) is 0 Å². The molecular weight excluding hydrogens is 167 g/mol. The second-order valence-corrected chi connectivity index (χ2v) is 2.97. The Bertz CT molecular complexity index is 76.4. The summed E-state index contributed by atoms with van der Waals surface area (Å²) < 4.78 is 0. The molecule has 0 unspecified atom stereocenters. The van der Waals surface area contributed by atoms with Crippen molar-refractivity contribution in [3.63, 3.8) is 0 Å². The molecule has 0 N–H and O–H groups in total. The maximum absolute atomic E-state index is 10.0. The smallest absolute Gasteiger partial charge is 0.221 e. The van der Waals surface area contributed by atoms with Crippen LogP contribution in [0.25, 0.3) is 0 Å². The summed E-state index contributed by atoms with van der Waals surface area (Å²) in [6.07, 6.45) is 1.21. The van der Waals surface area contributed by atoms with E-state index in [2.05, 4.69) is 0 Å². The van der Waals surface area contributed by atoms with E-state index in [9.17, 15) is 4.79 Å². The molecule has 0 aromatic carbocycles. The molecule has 0 amide bonds. The van der Waals surface area contributed by atoms with Crippen molar-refractivity contribution in [3.8, 4) is 0 Å². The highest BCUT2D eigenvalue weighted by molar-refractivity contribution is 8.21. The van der Waals surface area contributed by atoms with Crippen LogP contribution in [0.2, 0.25) is 0 Å². The van der Waals surface area contributed by atoms with Crippen molar-refractivity contribution in [1.29, 1.82) is 0 Å². The van der Waals surface area contributed by atoms with Gasteiger partial charge in [-0.3, -0.25) is 4.79 Å². The van der Waals surface area contributed by atoms with Gasteiger partial charge in [-0.25, -0.2) is 0 Å². The van der Waals surface area contributed by atoms with Crippen molar-refractivity contribution in [1.82, 2.24) is 0 Å². The fourth-order valence-electron chi connectivity index (χ4n) is 0.266. The molecule has 0 heterocycles. The Morgan fingerprint density at radius 3 is 2.62 bits per heavy atom. The fraction of sp³-hybridized carbons (Fsp3) is 0.750. The number of hydrogen-bond donors (Lipinski definition) is 0. The molecule has 0 saturated carbocycles. The number of carbonyl (C=O) groups is 1. The molecule has 0 aromatic rings. The Morgan fingerprint density at radius 1 is 1.62 bits per heavy atom. The molecule has 0 atom stereocenters. The average Bonchev–Trinajstić information content (AvgIpc) is 1.66. The highest BCUT2D eigenvalue weighted by Gasteiger charge is 1.93. The van der Waals surface area contributed by atoms with Gasteiger partial charge in [0.1, 0.15) is 0 Å². The molecule has 0 rings (SSSR count). The van der Waals surface area contributed by atoms with E-state index >= 15 is 0 Å². The Balaban J connectivity index is 2.82. The van der Waals surface area contributed by atoms with Crippen LogP contribution in [0, 0.1) is 0 Å². The van der Waals surface area contributed by atoms with Crippen LogP contribution in [0.1, 0.15) is 12.8 Å². The van der Waals surface area contributed by atoms with Gasteiger partial charge in [-0.05, 0) is 28.7 Å². The first-order chi connectivity index (χ1) is 3.77. The first-order valence-corrected chi connectivity index (χ1v) is 4.38. The predicted octanol–water partition coefficient (Wildman–Crippen LogP) is 2.42. The van der Waals surface area contributed by atoms with Crippen LogP contribution in [0.4, 0.5) is 0 Å². The first kappa shape index (κ1) is 8.60. The summed E-state index contributed by atoms with van der Waals surface area (Å²) in [5.74, 6) is 0.792. The van der Waals surface area contributed by atoms with Crippen molar-refractivity contribution in [3.05, 3.63) is 0 Å². The zero-order valence-corrected chi connectivity index (χ0v) is 6.52. The summed E-state index contributed by atoms with van der Waals surface area (Å²) in [4.78, 5) is 10.0. The minimum absolute atomic E-state index is 0.282. The van der Waals surface area contributed by atoms with Crippen LogP contribution < -0.4 is 0 Å². The Labute approximate surface area is 62.2 Å². The molecule has 0 bridgehead atoms. The molecule has 8 heavy (non-hydrogen) atoms. The van der Waals surface area contributed by atoms with E-state index in [4.69, 9.17) is 22.3 Å². The van der Waals surface area contributed by atoms with E-state index in [-0.39, 0.29) is 5.24 Å². The molecule has 0 aromatic heterocycles. The van der Waals surface area contributed by atoms with Crippen molar-refractivity contribution >= 4 is 38.5 Å². The minimum Gasteiger partial charge on any atom is -0.281 e. The van der Waals surface area contributed by atoms with Gasteiger partial charge >= 0.3 is 0 Å². The second-order valence-electron chi connectivity index (χ2n) is 1.27. The van der Waals surface area contributed by atoms with Gasteiger partial charge in [-0.15, -0.1) is 0 Å². The van der Waals surface area contributed by atoms with Gasteiger partial charge < -0.3 is 0 Å². The average molecular weight is 173 g/mol. The summed E-state index contributed by atoms with van der Waals surface area (Å²) in [6, 6.07) is 0. The summed E-state index contributed by atoms with van der Waals surface area (Å²) in [6.45, 7) is 0. The van der Waals surface area contributed by atoms with Crippen LogP contribution in [0.5, 0.6) is 0 Å². The zero-order valence-electron chi connectivity index (χ0n) is 4.19. The number of carbonyl (C=O) groups excluding carboxylic acids is 1. The third kappa shape index (κ3) is 6.60. The van der Waals surface area contributed by atoms with Gasteiger partial charge in [0, 0.05) is 12.2 Å². The third-order valence-corrected chi connectivity index (χ3v) is 1.69. The molecule has 0 fully saturated rings. The van der Waals surface area contributed by atoms with Crippen LogP contribution in [-0.2, 0) is 4.79 Å².